The molecule has 0 aliphatic carbocycles. The molecule has 2 aromatic carbocycles. The number of fused-ring (bicyclic) bond motifs is 1. The van der Waals surface area contributed by atoms with Crippen molar-refractivity contribution in [1.29, 1.82) is 0 Å². The van der Waals surface area contributed by atoms with E-state index in [1.165, 1.54) is 0 Å². The normalized spacial score (nSPS) is 13.9. The lowest BCUT2D eigenvalue weighted by molar-refractivity contribution is -0.128. The number of carbonyl (C=O) groups excluding carboxylic acids is 2. The summed E-state index contributed by atoms with van der Waals surface area (Å²) in [6.45, 7) is 3.32. The maximum atomic E-state index is 12.4. The Morgan fingerprint density at radius 3 is 2.46 bits per heavy atom. The third kappa shape index (κ3) is 3.86. The summed E-state index contributed by atoms with van der Waals surface area (Å²) >= 11 is 0. The number of hydrogen-bond acceptors (Lipinski definition) is 5. The van der Waals surface area contributed by atoms with Crippen molar-refractivity contribution in [1.82, 2.24) is 14.9 Å². The Balaban J connectivity index is 1.40. The SMILES string of the molecule is Cc1nc2ccccc2nc1COC(=O)c1ccc(CN2CCCC2=O)cc1. The molecule has 6 heteroatoms. The van der Waals surface area contributed by atoms with Crippen LogP contribution in [0.4, 0.5) is 0 Å². The van der Waals surface area contributed by atoms with E-state index >= 15 is 0 Å². The van der Waals surface area contributed by atoms with Gasteiger partial charge in [-0.05, 0) is 43.2 Å². The maximum absolute atomic E-state index is 12.4. The number of aromatic nitrogens is 2. The van der Waals surface area contributed by atoms with Crippen LogP contribution in [0, 0.1) is 6.92 Å². The highest BCUT2D eigenvalue weighted by Crippen LogP contribution is 2.16. The molecule has 1 aliphatic heterocycles. The Morgan fingerprint density at radius 2 is 1.79 bits per heavy atom. The number of rotatable bonds is 5. The number of nitrogens with zero attached hydrogens (tertiary/aromatic N) is 3. The molecule has 28 heavy (non-hydrogen) atoms. The highest BCUT2D eigenvalue weighted by atomic mass is 16.5. The van der Waals surface area contributed by atoms with Crippen LogP contribution in [-0.2, 0) is 22.7 Å². The number of benzene rings is 2. The number of aryl methyl sites for hydroxylation is 1. The third-order valence-electron chi connectivity index (χ3n) is 4.92. The molecule has 0 atom stereocenters. The third-order valence-corrected chi connectivity index (χ3v) is 4.92. The highest BCUT2D eigenvalue weighted by molar-refractivity contribution is 5.89. The summed E-state index contributed by atoms with van der Waals surface area (Å²) < 4.78 is 5.43. The van der Waals surface area contributed by atoms with Gasteiger partial charge in [-0.3, -0.25) is 4.79 Å². The summed E-state index contributed by atoms with van der Waals surface area (Å²) in [5, 5.41) is 0. The van der Waals surface area contributed by atoms with Crippen molar-refractivity contribution in [2.75, 3.05) is 6.54 Å². The van der Waals surface area contributed by atoms with Gasteiger partial charge in [-0.2, -0.15) is 0 Å². The Morgan fingerprint density at radius 1 is 1.07 bits per heavy atom. The zero-order valence-corrected chi connectivity index (χ0v) is 15.7. The molecule has 0 unspecified atom stereocenters. The first-order chi connectivity index (χ1) is 13.6. The van der Waals surface area contributed by atoms with E-state index in [0.717, 1.165) is 35.3 Å². The fraction of sp³-hybridized carbons (Fsp3) is 0.273. The summed E-state index contributed by atoms with van der Waals surface area (Å²) in [7, 11) is 0. The topological polar surface area (TPSA) is 72.4 Å². The average molecular weight is 375 g/mol. The summed E-state index contributed by atoms with van der Waals surface area (Å²) in [6, 6.07) is 14.8. The number of amides is 1. The van der Waals surface area contributed by atoms with Gasteiger partial charge in [-0.1, -0.05) is 24.3 Å². The lowest BCUT2D eigenvalue weighted by Gasteiger charge is -2.15. The second-order valence-corrected chi connectivity index (χ2v) is 6.94. The molecule has 0 saturated carbocycles. The van der Waals surface area contributed by atoms with Crippen molar-refractivity contribution in [2.45, 2.75) is 32.9 Å². The van der Waals surface area contributed by atoms with Gasteiger partial charge in [-0.25, -0.2) is 14.8 Å². The minimum absolute atomic E-state index is 0.0759. The van der Waals surface area contributed by atoms with Gasteiger partial charge in [0.25, 0.3) is 0 Å². The largest absolute Gasteiger partial charge is 0.456 e. The van der Waals surface area contributed by atoms with Crippen LogP contribution in [0.1, 0.15) is 40.2 Å². The summed E-state index contributed by atoms with van der Waals surface area (Å²) in [6.07, 6.45) is 1.54. The lowest BCUT2D eigenvalue weighted by Crippen LogP contribution is -2.23. The second kappa shape index (κ2) is 7.76. The van der Waals surface area contributed by atoms with Crippen molar-refractivity contribution in [3.63, 3.8) is 0 Å². The van der Waals surface area contributed by atoms with Crippen molar-refractivity contribution >= 4 is 22.9 Å². The molecule has 0 bridgehead atoms. The molecule has 1 aliphatic rings. The van der Waals surface area contributed by atoms with E-state index in [9.17, 15) is 9.59 Å². The maximum Gasteiger partial charge on any atom is 0.338 e. The zero-order chi connectivity index (χ0) is 19.5. The number of esters is 1. The summed E-state index contributed by atoms with van der Waals surface area (Å²) in [5.41, 5.74) is 4.47. The van der Waals surface area contributed by atoms with E-state index in [2.05, 4.69) is 9.97 Å². The molecule has 6 nitrogen and oxygen atoms in total. The van der Waals surface area contributed by atoms with Gasteiger partial charge in [0.1, 0.15) is 6.61 Å². The van der Waals surface area contributed by atoms with Crippen LogP contribution in [-0.4, -0.2) is 33.3 Å². The van der Waals surface area contributed by atoms with Crippen molar-refractivity contribution in [3.05, 3.63) is 71.0 Å². The van der Waals surface area contributed by atoms with Crippen molar-refractivity contribution < 1.29 is 14.3 Å². The lowest BCUT2D eigenvalue weighted by atomic mass is 10.1. The predicted octanol–water partition coefficient (Wildman–Crippen LogP) is 3.42. The summed E-state index contributed by atoms with van der Waals surface area (Å²) in [5.74, 6) is -0.214. The molecule has 1 amide bonds. The van der Waals surface area contributed by atoms with Gasteiger partial charge in [0.2, 0.25) is 5.91 Å². The molecular weight excluding hydrogens is 354 g/mol. The van der Waals surface area contributed by atoms with Gasteiger partial charge in [0, 0.05) is 19.5 Å². The minimum atomic E-state index is -0.404. The van der Waals surface area contributed by atoms with Crippen LogP contribution in [0.5, 0.6) is 0 Å². The Kier molecular flexibility index (Phi) is 5.02. The highest BCUT2D eigenvalue weighted by Gasteiger charge is 2.20. The molecule has 4 rings (SSSR count). The van der Waals surface area contributed by atoms with Gasteiger partial charge in [0.15, 0.2) is 0 Å². The van der Waals surface area contributed by atoms with Crippen molar-refractivity contribution in [3.8, 4) is 0 Å². The quantitative estimate of drug-likeness (QED) is 0.639. The zero-order valence-electron chi connectivity index (χ0n) is 15.7. The van der Waals surface area contributed by atoms with E-state index in [1.807, 2.05) is 48.2 Å². The molecule has 142 valence electrons. The van der Waals surface area contributed by atoms with Gasteiger partial charge < -0.3 is 9.64 Å². The smallest absolute Gasteiger partial charge is 0.338 e. The minimum Gasteiger partial charge on any atom is -0.456 e. The molecule has 1 fully saturated rings. The Hall–Kier alpha value is -3.28. The van der Waals surface area contributed by atoms with E-state index in [0.29, 0.717) is 24.2 Å². The van der Waals surface area contributed by atoms with Gasteiger partial charge in [0.05, 0.1) is 28.0 Å². The van der Waals surface area contributed by atoms with E-state index in [1.54, 1.807) is 12.1 Å². The standard InChI is InChI=1S/C22H21N3O3/c1-15-20(24-19-6-3-2-5-18(19)23-15)14-28-22(27)17-10-8-16(9-11-17)13-25-12-4-7-21(25)26/h2-3,5-6,8-11H,4,7,12-14H2,1H3. The number of carbonyl (C=O) groups is 2. The van der Waals surface area contributed by atoms with Crippen LogP contribution in [0.2, 0.25) is 0 Å². The first kappa shape index (κ1) is 18.1. The molecule has 2 heterocycles. The molecule has 1 aromatic heterocycles. The summed E-state index contributed by atoms with van der Waals surface area (Å²) in [4.78, 5) is 35.0. The molecule has 0 radical (unpaired) electrons. The molecule has 0 N–H and O–H groups in total. The predicted molar refractivity (Wildman–Crippen MR) is 104 cm³/mol. The average Bonchev–Trinajstić information content (AvgIpc) is 3.11. The fourth-order valence-electron chi connectivity index (χ4n) is 3.32. The van der Waals surface area contributed by atoms with Crippen LogP contribution in [0.15, 0.2) is 48.5 Å². The van der Waals surface area contributed by atoms with Crippen LogP contribution < -0.4 is 0 Å². The monoisotopic (exact) mass is 375 g/mol. The molecule has 0 spiro atoms. The number of likely N-dealkylation sites (tertiary alicyclic amines) is 1. The van der Waals surface area contributed by atoms with Crippen LogP contribution in [0.25, 0.3) is 11.0 Å². The Labute approximate surface area is 163 Å². The van der Waals surface area contributed by atoms with E-state index in [4.69, 9.17) is 4.74 Å². The van der Waals surface area contributed by atoms with E-state index < -0.39 is 5.97 Å². The van der Waals surface area contributed by atoms with Crippen LogP contribution >= 0.6 is 0 Å². The van der Waals surface area contributed by atoms with Crippen LogP contribution in [0.3, 0.4) is 0 Å². The van der Waals surface area contributed by atoms with Gasteiger partial charge in [-0.15, -0.1) is 0 Å². The first-order valence-corrected chi connectivity index (χ1v) is 9.36. The molecular formula is C22H21N3O3. The van der Waals surface area contributed by atoms with Gasteiger partial charge >= 0.3 is 5.97 Å². The van der Waals surface area contributed by atoms with Crippen molar-refractivity contribution in [2.24, 2.45) is 0 Å². The number of para-hydroxylation sites is 2. The number of hydrogen-bond donors (Lipinski definition) is 0. The Bertz CT molecular complexity index is 1030. The first-order valence-electron chi connectivity index (χ1n) is 9.36. The number of ether oxygens (including phenoxy) is 1. The fourth-order valence-corrected chi connectivity index (χ4v) is 3.32. The van der Waals surface area contributed by atoms with E-state index in [-0.39, 0.29) is 12.5 Å². The second-order valence-electron chi connectivity index (χ2n) is 6.94. The molecule has 1 saturated heterocycles. The molecule has 3 aromatic rings.